The maximum Gasteiger partial charge on any atom is 0.321 e. The summed E-state index contributed by atoms with van der Waals surface area (Å²) in [5.41, 5.74) is 2.66. The molecule has 6 nitrogen and oxygen atoms in total. The lowest BCUT2D eigenvalue weighted by molar-refractivity contribution is 0.143. The number of rotatable bonds is 5. The summed E-state index contributed by atoms with van der Waals surface area (Å²) in [5.74, 6) is 0.872. The first-order valence-corrected chi connectivity index (χ1v) is 10.7. The van der Waals surface area contributed by atoms with Crippen molar-refractivity contribution in [3.05, 3.63) is 59.7 Å². The van der Waals surface area contributed by atoms with Crippen molar-refractivity contribution in [1.29, 1.82) is 5.26 Å². The van der Waals surface area contributed by atoms with Gasteiger partial charge in [0.15, 0.2) is 0 Å². The molecule has 1 saturated heterocycles. The van der Waals surface area contributed by atoms with Crippen molar-refractivity contribution >= 4 is 11.7 Å². The van der Waals surface area contributed by atoms with E-state index < -0.39 is 0 Å². The van der Waals surface area contributed by atoms with Gasteiger partial charge in [0.1, 0.15) is 5.75 Å². The Hall–Kier alpha value is -3.04. The number of benzene rings is 2. The Balaban J connectivity index is 1.22. The molecule has 4 rings (SSSR count). The minimum atomic E-state index is -0.0579. The third-order valence-corrected chi connectivity index (χ3v) is 5.86. The standard InChI is InChI=1S/C24H28N4O2/c25-17-19-5-7-20(8-6-19)18-27-13-15-28(16-14-27)24(29)26-21-9-11-23(12-10-21)30-22-3-1-2-4-22/h5-12,22H,1-4,13-16,18H2,(H,26,29). The average molecular weight is 405 g/mol. The van der Waals surface area contributed by atoms with Crippen molar-refractivity contribution in [1.82, 2.24) is 9.80 Å². The van der Waals surface area contributed by atoms with Crippen LogP contribution in [0.3, 0.4) is 0 Å². The summed E-state index contributed by atoms with van der Waals surface area (Å²) in [4.78, 5) is 16.8. The largest absolute Gasteiger partial charge is 0.490 e. The van der Waals surface area contributed by atoms with Gasteiger partial charge >= 0.3 is 6.03 Å². The van der Waals surface area contributed by atoms with E-state index in [2.05, 4.69) is 16.3 Å². The molecule has 1 aliphatic heterocycles. The van der Waals surface area contributed by atoms with Crippen LogP contribution in [0.2, 0.25) is 0 Å². The van der Waals surface area contributed by atoms with Gasteiger partial charge in [-0.1, -0.05) is 12.1 Å². The van der Waals surface area contributed by atoms with Crippen molar-refractivity contribution in [3.63, 3.8) is 0 Å². The van der Waals surface area contributed by atoms with E-state index in [9.17, 15) is 4.79 Å². The molecule has 1 saturated carbocycles. The molecule has 2 aromatic carbocycles. The van der Waals surface area contributed by atoms with E-state index in [-0.39, 0.29) is 6.03 Å². The SMILES string of the molecule is N#Cc1ccc(CN2CCN(C(=O)Nc3ccc(OC4CCCC4)cc3)CC2)cc1. The van der Waals surface area contributed by atoms with Crippen LogP contribution in [0.25, 0.3) is 0 Å². The van der Waals surface area contributed by atoms with Crippen molar-refractivity contribution in [3.8, 4) is 11.8 Å². The second-order valence-electron chi connectivity index (χ2n) is 8.05. The van der Waals surface area contributed by atoms with Gasteiger partial charge in [0.25, 0.3) is 0 Å². The zero-order valence-corrected chi connectivity index (χ0v) is 17.2. The molecule has 6 heteroatoms. The first kappa shape index (κ1) is 20.2. The number of anilines is 1. The van der Waals surface area contributed by atoms with Gasteiger partial charge in [0, 0.05) is 38.4 Å². The molecule has 2 fully saturated rings. The highest BCUT2D eigenvalue weighted by molar-refractivity contribution is 5.89. The molecule has 0 aromatic heterocycles. The number of nitriles is 1. The summed E-state index contributed by atoms with van der Waals surface area (Å²) in [7, 11) is 0. The number of amides is 2. The fourth-order valence-electron chi connectivity index (χ4n) is 4.07. The average Bonchev–Trinajstić information content (AvgIpc) is 3.29. The summed E-state index contributed by atoms with van der Waals surface area (Å²) in [5, 5.41) is 11.9. The van der Waals surface area contributed by atoms with Crippen LogP contribution in [0.15, 0.2) is 48.5 Å². The molecule has 0 radical (unpaired) electrons. The highest BCUT2D eigenvalue weighted by atomic mass is 16.5. The molecule has 0 unspecified atom stereocenters. The van der Waals surface area contributed by atoms with Crippen molar-refractivity contribution in [2.45, 2.75) is 38.3 Å². The van der Waals surface area contributed by atoms with Crippen molar-refractivity contribution < 1.29 is 9.53 Å². The molecule has 2 amide bonds. The molecule has 30 heavy (non-hydrogen) atoms. The number of piperazine rings is 1. The van der Waals surface area contributed by atoms with Gasteiger partial charge < -0.3 is 15.0 Å². The van der Waals surface area contributed by atoms with Crippen LogP contribution in [0.4, 0.5) is 10.5 Å². The van der Waals surface area contributed by atoms with Crippen LogP contribution < -0.4 is 10.1 Å². The van der Waals surface area contributed by atoms with E-state index in [4.69, 9.17) is 10.00 Å². The van der Waals surface area contributed by atoms with Crippen LogP contribution >= 0.6 is 0 Å². The predicted molar refractivity (Wildman–Crippen MR) is 116 cm³/mol. The summed E-state index contributed by atoms with van der Waals surface area (Å²) in [6.07, 6.45) is 5.11. The van der Waals surface area contributed by atoms with E-state index in [1.807, 2.05) is 53.4 Å². The van der Waals surface area contributed by atoms with Crippen LogP contribution in [-0.4, -0.2) is 48.1 Å². The van der Waals surface area contributed by atoms with E-state index in [0.717, 1.165) is 43.9 Å². The summed E-state index contributed by atoms with van der Waals surface area (Å²) < 4.78 is 5.98. The predicted octanol–water partition coefficient (Wildman–Crippen LogP) is 4.23. The van der Waals surface area contributed by atoms with Gasteiger partial charge in [-0.15, -0.1) is 0 Å². The Morgan fingerprint density at radius 2 is 1.67 bits per heavy atom. The highest BCUT2D eigenvalue weighted by Crippen LogP contribution is 2.25. The van der Waals surface area contributed by atoms with Gasteiger partial charge in [-0.2, -0.15) is 5.26 Å². The minimum Gasteiger partial charge on any atom is -0.490 e. The molecular formula is C24H28N4O2. The summed E-state index contributed by atoms with van der Waals surface area (Å²) >= 11 is 0. The van der Waals surface area contributed by atoms with E-state index in [1.54, 1.807) is 0 Å². The van der Waals surface area contributed by atoms with Gasteiger partial charge in [0.05, 0.1) is 17.7 Å². The zero-order valence-electron chi connectivity index (χ0n) is 17.2. The third kappa shape index (κ3) is 5.31. The maximum atomic E-state index is 12.6. The Labute approximate surface area is 178 Å². The molecular weight excluding hydrogens is 376 g/mol. The lowest BCUT2D eigenvalue weighted by Gasteiger charge is -2.34. The Morgan fingerprint density at radius 3 is 2.30 bits per heavy atom. The molecule has 0 spiro atoms. The second-order valence-corrected chi connectivity index (χ2v) is 8.05. The molecule has 1 N–H and O–H groups in total. The lowest BCUT2D eigenvalue weighted by atomic mass is 10.1. The lowest BCUT2D eigenvalue weighted by Crippen LogP contribution is -2.49. The fraction of sp³-hybridized carbons (Fsp3) is 0.417. The molecule has 0 bridgehead atoms. The molecule has 1 aliphatic carbocycles. The monoisotopic (exact) mass is 404 g/mol. The van der Waals surface area contributed by atoms with Crippen LogP contribution in [0.5, 0.6) is 5.75 Å². The maximum absolute atomic E-state index is 12.6. The number of hydrogen-bond acceptors (Lipinski definition) is 4. The number of carbonyl (C=O) groups excluding carboxylic acids is 1. The van der Waals surface area contributed by atoms with Crippen LogP contribution in [0, 0.1) is 11.3 Å². The Morgan fingerprint density at radius 1 is 1.00 bits per heavy atom. The smallest absolute Gasteiger partial charge is 0.321 e. The highest BCUT2D eigenvalue weighted by Gasteiger charge is 2.21. The topological polar surface area (TPSA) is 68.6 Å². The zero-order chi connectivity index (χ0) is 20.8. The number of nitrogens with zero attached hydrogens (tertiary/aromatic N) is 3. The molecule has 2 aromatic rings. The minimum absolute atomic E-state index is 0.0579. The van der Waals surface area contributed by atoms with Crippen molar-refractivity contribution in [2.24, 2.45) is 0 Å². The Kier molecular flexibility index (Phi) is 6.50. The van der Waals surface area contributed by atoms with E-state index in [1.165, 1.54) is 18.4 Å². The number of carbonyl (C=O) groups is 1. The third-order valence-electron chi connectivity index (χ3n) is 5.86. The van der Waals surface area contributed by atoms with Crippen molar-refractivity contribution in [2.75, 3.05) is 31.5 Å². The number of hydrogen-bond donors (Lipinski definition) is 1. The Bertz CT molecular complexity index is 875. The van der Waals surface area contributed by atoms with Crippen LogP contribution in [-0.2, 0) is 6.54 Å². The van der Waals surface area contributed by atoms with Gasteiger partial charge in [-0.05, 0) is 67.6 Å². The summed E-state index contributed by atoms with van der Waals surface area (Å²) in [6.45, 7) is 3.91. The van der Waals surface area contributed by atoms with Crippen LogP contribution in [0.1, 0.15) is 36.8 Å². The fourth-order valence-corrected chi connectivity index (χ4v) is 4.07. The molecule has 156 valence electrons. The van der Waals surface area contributed by atoms with Gasteiger partial charge in [-0.25, -0.2) is 4.79 Å². The number of ether oxygens (including phenoxy) is 1. The first-order valence-electron chi connectivity index (χ1n) is 10.7. The molecule has 2 aliphatic rings. The summed E-state index contributed by atoms with van der Waals surface area (Å²) in [6, 6.07) is 17.5. The molecule has 0 atom stereocenters. The second kappa shape index (κ2) is 9.64. The number of nitrogens with one attached hydrogen (secondary N) is 1. The van der Waals surface area contributed by atoms with Gasteiger partial charge in [0.2, 0.25) is 0 Å². The van der Waals surface area contributed by atoms with E-state index >= 15 is 0 Å². The van der Waals surface area contributed by atoms with Gasteiger partial charge in [-0.3, -0.25) is 4.90 Å². The quantitative estimate of drug-likeness (QED) is 0.810. The number of urea groups is 1. The first-order chi connectivity index (χ1) is 14.7. The molecule has 1 heterocycles. The van der Waals surface area contributed by atoms with E-state index in [0.29, 0.717) is 24.8 Å². The normalized spacial score (nSPS) is 17.5.